The molecule has 0 bridgehead atoms. The molecule has 1 aliphatic rings. The number of halogens is 1. The number of fused-ring (bicyclic) bond motifs is 1. The molecule has 1 heterocycles. The fourth-order valence-electron chi connectivity index (χ4n) is 3.55. The lowest BCUT2D eigenvalue weighted by molar-refractivity contribution is 0.0978. The van der Waals surface area contributed by atoms with Crippen LogP contribution in [0.15, 0.2) is 42.5 Å². The smallest absolute Gasteiger partial charge is 0.259 e. The SMILES string of the molecule is Cc1cccc2c1C(C)(CCC#N)N(c1ccc(F)cc1)C2=O. The van der Waals surface area contributed by atoms with Crippen LogP contribution in [0.4, 0.5) is 10.1 Å². The van der Waals surface area contributed by atoms with Crippen LogP contribution in [0.2, 0.25) is 0 Å². The molecule has 1 amide bonds. The number of anilines is 1. The van der Waals surface area contributed by atoms with Crippen molar-refractivity contribution in [2.75, 3.05) is 4.90 Å². The molecule has 3 rings (SSSR count). The highest BCUT2D eigenvalue weighted by atomic mass is 19.1. The van der Waals surface area contributed by atoms with Crippen molar-refractivity contribution in [1.82, 2.24) is 0 Å². The highest BCUT2D eigenvalue weighted by molar-refractivity contribution is 6.12. The first kappa shape index (κ1) is 15.2. The van der Waals surface area contributed by atoms with E-state index in [-0.39, 0.29) is 11.7 Å². The van der Waals surface area contributed by atoms with Gasteiger partial charge in [0.1, 0.15) is 5.82 Å². The van der Waals surface area contributed by atoms with Gasteiger partial charge in [-0.05, 0) is 61.7 Å². The molecule has 0 aliphatic carbocycles. The van der Waals surface area contributed by atoms with E-state index in [4.69, 9.17) is 5.26 Å². The number of hydrogen-bond donors (Lipinski definition) is 0. The molecule has 0 aromatic heterocycles. The number of benzene rings is 2. The second kappa shape index (κ2) is 5.51. The molecule has 23 heavy (non-hydrogen) atoms. The lowest BCUT2D eigenvalue weighted by atomic mass is 9.84. The fourth-order valence-corrected chi connectivity index (χ4v) is 3.55. The third kappa shape index (κ3) is 2.29. The van der Waals surface area contributed by atoms with E-state index in [2.05, 4.69) is 6.07 Å². The second-order valence-electron chi connectivity index (χ2n) is 6.05. The molecule has 2 aromatic rings. The molecular weight excluding hydrogens is 291 g/mol. The molecule has 0 radical (unpaired) electrons. The van der Waals surface area contributed by atoms with Gasteiger partial charge in [0.15, 0.2) is 0 Å². The zero-order valence-electron chi connectivity index (χ0n) is 13.1. The first-order valence-electron chi connectivity index (χ1n) is 7.56. The normalized spacial score (nSPS) is 19.6. The first-order chi connectivity index (χ1) is 11.0. The Labute approximate surface area is 135 Å². The monoisotopic (exact) mass is 308 g/mol. The predicted molar refractivity (Wildman–Crippen MR) is 86.6 cm³/mol. The summed E-state index contributed by atoms with van der Waals surface area (Å²) in [4.78, 5) is 14.7. The Balaban J connectivity index is 2.19. The van der Waals surface area contributed by atoms with E-state index in [1.165, 1.54) is 12.1 Å². The van der Waals surface area contributed by atoms with Crippen molar-refractivity contribution in [3.05, 3.63) is 65.0 Å². The Morgan fingerprint density at radius 2 is 1.91 bits per heavy atom. The standard InChI is InChI=1S/C19H17FN2O/c1-13-5-3-6-16-17(13)19(2,11-4-12-21)22(18(16)23)15-9-7-14(20)8-10-15/h3,5-10H,4,11H2,1-2H3. The van der Waals surface area contributed by atoms with E-state index >= 15 is 0 Å². The molecule has 116 valence electrons. The Morgan fingerprint density at radius 3 is 2.57 bits per heavy atom. The van der Waals surface area contributed by atoms with Gasteiger partial charge in [-0.2, -0.15) is 5.26 Å². The Bertz CT molecular complexity index is 807. The quantitative estimate of drug-likeness (QED) is 0.848. The Kier molecular flexibility index (Phi) is 3.65. The van der Waals surface area contributed by atoms with Crippen LogP contribution in [0.1, 0.15) is 41.3 Å². The zero-order chi connectivity index (χ0) is 16.6. The van der Waals surface area contributed by atoms with E-state index in [9.17, 15) is 9.18 Å². The third-order valence-corrected chi connectivity index (χ3v) is 4.55. The van der Waals surface area contributed by atoms with Crippen molar-refractivity contribution >= 4 is 11.6 Å². The topological polar surface area (TPSA) is 44.1 Å². The van der Waals surface area contributed by atoms with Crippen LogP contribution in [0.25, 0.3) is 0 Å². The average molecular weight is 308 g/mol. The van der Waals surface area contributed by atoms with E-state index in [1.54, 1.807) is 17.0 Å². The summed E-state index contributed by atoms with van der Waals surface area (Å²) in [6.45, 7) is 3.95. The molecule has 0 saturated heterocycles. The molecule has 1 aliphatic heterocycles. The number of nitriles is 1. The van der Waals surface area contributed by atoms with Crippen LogP contribution in [0, 0.1) is 24.1 Å². The number of amides is 1. The summed E-state index contributed by atoms with van der Waals surface area (Å²) < 4.78 is 13.2. The van der Waals surface area contributed by atoms with E-state index in [0.717, 1.165) is 11.1 Å². The van der Waals surface area contributed by atoms with Gasteiger partial charge in [-0.15, -0.1) is 0 Å². The summed E-state index contributed by atoms with van der Waals surface area (Å²) in [6.07, 6.45) is 0.875. The van der Waals surface area contributed by atoms with Crippen LogP contribution in [-0.4, -0.2) is 5.91 Å². The van der Waals surface area contributed by atoms with Gasteiger partial charge in [-0.3, -0.25) is 9.69 Å². The highest BCUT2D eigenvalue weighted by Gasteiger charge is 2.47. The predicted octanol–water partition coefficient (Wildman–Crippen LogP) is 4.31. The molecule has 1 unspecified atom stereocenters. The van der Waals surface area contributed by atoms with Crippen molar-refractivity contribution in [3.8, 4) is 6.07 Å². The minimum atomic E-state index is -0.606. The van der Waals surface area contributed by atoms with Crippen molar-refractivity contribution in [3.63, 3.8) is 0 Å². The number of rotatable bonds is 3. The van der Waals surface area contributed by atoms with Crippen LogP contribution in [0.5, 0.6) is 0 Å². The van der Waals surface area contributed by atoms with Gasteiger partial charge in [-0.25, -0.2) is 4.39 Å². The first-order valence-corrected chi connectivity index (χ1v) is 7.56. The Hall–Kier alpha value is -2.67. The van der Waals surface area contributed by atoms with Crippen molar-refractivity contribution in [2.24, 2.45) is 0 Å². The van der Waals surface area contributed by atoms with Crippen LogP contribution < -0.4 is 4.90 Å². The van der Waals surface area contributed by atoms with Crippen molar-refractivity contribution in [1.29, 1.82) is 5.26 Å². The lowest BCUT2D eigenvalue weighted by Gasteiger charge is -2.36. The third-order valence-electron chi connectivity index (χ3n) is 4.55. The van der Waals surface area contributed by atoms with E-state index in [1.807, 2.05) is 32.0 Å². The summed E-state index contributed by atoms with van der Waals surface area (Å²) in [5.41, 5.74) is 2.69. The van der Waals surface area contributed by atoms with Crippen molar-refractivity contribution in [2.45, 2.75) is 32.2 Å². The molecule has 1 atom stereocenters. The van der Waals surface area contributed by atoms with Gasteiger partial charge in [0.25, 0.3) is 5.91 Å². The van der Waals surface area contributed by atoms with Crippen LogP contribution in [-0.2, 0) is 5.54 Å². The van der Waals surface area contributed by atoms with Gasteiger partial charge < -0.3 is 0 Å². The van der Waals surface area contributed by atoms with Crippen LogP contribution >= 0.6 is 0 Å². The van der Waals surface area contributed by atoms with Gasteiger partial charge in [-0.1, -0.05) is 12.1 Å². The molecule has 2 aromatic carbocycles. The van der Waals surface area contributed by atoms with Crippen LogP contribution in [0.3, 0.4) is 0 Å². The zero-order valence-corrected chi connectivity index (χ0v) is 13.1. The number of hydrogen-bond acceptors (Lipinski definition) is 2. The molecule has 0 fully saturated rings. The van der Waals surface area contributed by atoms with E-state index < -0.39 is 5.54 Å². The molecular formula is C19H17FN2O. The maximum Gasteiger partial charge on any atom is 0.259 e. The van der Waals surface area contributed by atoms with Gasteiger partial charge in [0.05, 0.1) is 11.6 Å². The molecule has 3 nitrogen and oxygen atoms in total. The average Bonchev–Trinajstić information content (AvgIpc) is 2.76. The molecule has 0 N–H and O–H groups in total. The minimum Gasteiger partial charge on any atom is -0.298 e. The molecule has 0 spiro atoms. The summed E-state index contributed by atoms with van der Waals surface area (Å²) in [7, 11) is 0. The lowest BCUT2D eigenvalue weighted by Crippen LogP contribution is -2.42. The number of carbonyl (C=O) groups excluding carboxylic acids is 1. The number of nitrogens with zero attached hydrogens (tertiary/aromatic N) is 2. The number of aryl methyl sites for hydroxylation is 1. The molecule has 0 saturated carbocycles. The highest BCUT2D eigenvalue weighted by Crippen LogP contribution is 2.46. The van der Waals surface area contributed by atoms with Gasteiger partial charge >= 0.3 is 0 Å². The van der Waals surface area contributed by atoms with Gasteiger partial charge in [0.2, 0.25) is 0 Å². The molecule has 4 heteroatoms. The van der Waals surface area contributed by atoms with Crippen molar-refractivity contribution < 1.29 is 9.18 Å². The number of carbonyl (C=O) groups is 1. The largest absolute Gasteiger partial charge is 0.298 e. The second-order valence-corrected chi connectivity index (χ2v) is 6.05. The minimum absolute atomic E-state index is 0.101. The Morgan fingerprint density at radius 1 is 1.22 bits per heavy atom. The summed E-state index contributed by atoms with van der Waals surface area (Å²) >= 11 is 0. The van der Waals surface area contributed by atoms with E-state index in [0.29, 0.717) is 24.1 Å². The van der Waals surface area contributed by atoms with Gasteiger partial charge in [0, 0.05) is 17.7 Å². The maximum atomic E-state index is 13.2. The maximum absolute atomic E-state index is 13.2. The summed E-state index contributed by atoms with van der Waals surface area (Å²) in [5, 5.41) is 9.01. The summed E-state index contributed by atoms with van der Waals surface area (Å²) in [6, 6.07) is 13.8. The fraction of sp³-hybridized carbons (Fsp3) is 0.263. The summed E-state index contributed by atoms with van der Waals surface area (Å²) in [5.74, 6) is -0.441.